The van der Waals surface area contributed by atoms with E-state index in [0.717, 1.165) is 19.3 Å². The lowest BCUT2D eigenvalue weighted by Crippen LogP contribution is -2.13. The van der Waals surface area contributed by atoms with Gasteiger partial charge in [0, 0.05) is 0 Å². The molecule has 0 saturated heterocycles. The van der Waals surface area contributed by atoms with Crippen molar-refractivity contribution in [1.82, 2.24) is 0 Å². The van der Waals surface area contributed by atoms with Crippen molar-refractivity contribution >= 4 is 9.84 Å². The molecule has 0 saturated carbocycles. The third kappa shape index (κ3) is 20.2. The van der Waals surface area contributed by atoms with Crippen molar-refractivity contribution in [2.75, 3.05) is 18.1 Å². The summed E-state index contributed by atoms with van der Waals surface area (Å²) >= 11 is 0. The smallest absolute Gasteiger partial charge is 0.152 e. The SMILES string of the molecule is CCCCCCCCCCCCCCCCCCCCS(=O)(=O)CCO. The van der Waals surface area contributed by atoms with E-state index in [4.69, 9.17) is 5.11 Å². The highest BCUT2D eigenvalue weighted by Gasteiger charge is 2.08. The largest absolute Gasteiger partial charge is 0.395 e. The van der Waals surface area contributed by atoms with Crippen molar-refractivity contribution in [2.45, 2.75) is 122 Å². The van der Waals surface area contributed by atoms with Crippen LogP contribution < -0.4 is 0 Å². The van der Waals surface area contributed by atoms with E-state index in [0.29, 0.717) is 0 Å². The summed E-state index contributed by atoms with van der Waals surface area (Å²) in [5.41, 5.74) is 0. The highest BCUT2D eigenvalue weighted by atomic mass is 32.2. The third-order valence-corrected chi connectivity index (χ3v) is 6.93. The predicted octanol–water partition coefficient (Wildman–Crippen LogP) is 6.44. The van der Waals surface area contributed by atoms with Crippen LogP contribution in [0.3, 0.4) is 0 Å². The standard InChI is InChI=1S/C22H46O3S/c1-2-3-4-5-6-7-8-9-10-11-12-13-14-15-16-17-18-19-21-26(24,25)22-20-23/h23H,2-22H2,1H3. The maximum Gasteiger partial charge on any atom is 0.152 e. The first kappa shape index (κ1) is 25.9. The molecular weight excluding hydrogens is 344 g/mol. The molecule has 0 unspecified atom stereocenters. The molecule has 0 bridgehead atoms. The van der Waals surface area contributed by atoms with Gasteiger partial charge in [0.25, 0.3) is 0 Å². The van der Waals surface area contributed by atoms with Gasteiger partial charge in [0.2, 0.25) is 0 Å². The quantitative estimate of drug-likeness (QED) is 0.230. The first-order valence-electron chi connectivity index (χ1n) is 11.4. The fourth-order valence-electron chi connectivity index (χ4n) is 3.46. The molecule has 0 aromatic carbocycles. The normalized spacial score (nSPS) is 11.9. The van der Waals surface area contributed by atoms with Gasteiger partial charge in [0.05, 0.1) is 18.1 Å². The number of aliphatic hydroxyl groups excluding tert-OH is 1. The Bertz CT molecular complexity index is 366. The first-order chi connectivity index (χ1) is 12.6. The summed E-state index contributed by atoms with van der Waals surface area (Å²) < 4.78 is 22.9. The summed E-state index contributed by atoms with van der Waals surface area (Å²) in [5, 5.41) is 8.67. The van der Waals surface area contributed by atoms with E-state index in [1.54, 1.807) is 0 Å². The highest BCUT2D eigenvalue weighted by Crippen LogP contribution is 2.14. The first-order valence-corrected chi connectivity index (χ1v) is 13.3. The van der Waals surface area contributed by atoms with E-state index in [1.807, 2.05) is 0 Å². The lowest BCUT2D eigenvalue weighted by atomic mass is 10.0. The number of aliphatic hydroxyl groups is 1. The molecule has 0 radical (unpaired) electrons. The van der Waals surface area contributed by atoms with Crippen molar-refractivity contribution in [3.05, 3.63) is 0 Å². The molecule has 0 rings (SSSR count). The van der Waals surface area contributed by atoms with Crippen molar-refractivity contribution in [3.63, 3.8) is 0 Å². The molecule has 0 aliphatic heterocycles. The van der Waals surface area contributed by atoms with Gasteiger partial charge in [-0.15, -0.1) is 0 Å². The van der Waals surface area contributed by atoms with Crippen LogP contribution >= 0.6 is 0 Å². The lowest BCUT2D eigenvalue weighted by Gasteiger charge is -2.04. The van der Waals surface area contributed by atoms with Crippen LogP contribution in [-0.4, -0.2) is 31.6 Å². The van der Waals surface area contributed by atoms with Crippen LogP contribution in [0.4, 0.5) is 0 Å². The van der Waals surface area contributed by atoms with Crippen molar-refractivity contribution < 1.29 is 13.5 Å². The van der Waals surface area contributed by atoms with Crippen LogP contribution in [0.5, 0.6) is 0 Å². The van der Waals surface area contributed by atoms with E-state index in [-0.39, 0.29) is 18.1 Å². The highest BCUT2D eigenvalue weighted by molar-refractivity contribution is 7.91. The molecule has 4 heteroatoms. The van der Waals surface area contributed by atoms with Crippen LogP contribution in [0.2, 0.25) is 0 Å². The Hall–Kier alpha value is -0.0900. The molecule has 1 N–H and O–H groups in total. The number of unbranched alkanes of at least 4 members (excludes halogenated alkanes) is 17. The minimum Gasteiger partial charge on any atom is -0.395 e. The summed E-state index contributed by atoms with van der Waals surface area (Å²) in [4.78, 5) is 0. The van der Waals surface area contributed by atoms with Crippen molar-refractivity contribution in [3.8, 4) is 0 Å². The van der Waals surface area contributed by atoms with E-state index in [9.17, 15) is 8.42 Å². The molecule has 3 nitrogen and oxygen atoms in total. The molecule has 0 spiro atoms. The Labute approximate surface area is 164 Å². The Kier molecular flexibility index (Phi) is 19.6. The second kappa shape index (κ2) is 19.7. The van der Waals surface area contributed by atoms with Gasteiger partial charge in [0.1, 0.15) is 0 Å². The van der Waals surface area contributed by atoms with Gasteiger partial charge < -0.3 is 5.11 Å². The molecule has 0 aliphatic carbocycles. The maximum atomic E-state index is 11.4. The van der Waals surface area contributed by atoms with Gasteiger partial charge in [-0.1, -0.05) is 116 Å². The maximum absolute atomic E-state index is 11.4. The fraction of sp³-hybridized carbons (Fsp3) is 1.00. The van der Waals surface area contributed by atoms with Gasteiger partial charge in [-0.25, -0.2) is 8.42 Å². The Balaban J connectivity index is 3.11. The zero-order valence-electron chi connectivity index (χ0n) is 17.5. The number of hydrogen-bond donors (Lipinski definition) is 1. The number of sulfone groups is 1. The van der Waals surface area contributed by atoms with Gasteiger partial charge in [-0.3, -0.25) is 0 Å². The average molecular weight is 391 g/mol. The van der Waals surface area contributed by atoms with Gasteiger partial charge in [-0.05, 0) is 6.42 Å². The van der Waals surface area contributed by atoms with Gasteiger partial charge >= 0.3 is 0 Å². The molecule has 0 aliphatic rings. The Morgan fingerprint density at radius 3 is 1.12 bits per heavy atom. The molecule has 158 valence electrons. The fourth-order valence-corrected chi connectivity index (χ4v) is 4.59. The number of hydrogen-bond acceptors (Lipinski definition) is 3. The van der Waals surface area contributed by atoms with Crippen LogP contribution in [0.15, 0.2) is 0 Å². The van der Waals surface area contributed by atoms with Crippen LogP contribution in [0.25, 0.3) is 0 Å². The number of rotatable bonds is 21. The molecule has 0 amide bonds. The summed E-state index contributed by atoms with van der Waals surface area (Å²) in [7, 11) is -3.00. The van der Waals surface area contributed by atoms with Crippen molar-refractivity contribution in [1.29, 1.82) is 0 Å². The van der Waals surface area contributed by atoms with E-state index < -0.39 is 9.84 Å². The molecule has 0 aromatic heterocycles. The molecular formula is C22H46O3S. The van der Waals surface area contributed by atoms with Gasteiger partial charge in [-0.2, -0.15) is 0 Å². The zero-order valence-corrected chi connectivity index (χ0v) is 18.3. The topological polar surface area (TPSA) is 54.4 Å². The molecule has 0 aromatic rings. The second-order valence-corrected chi connectivity index (χ2v) is 10.2. The Morgan fingerprint density at radius 1 is 0.500 bits per heavy atom. The Morgan fingerprint density at radius 2 is 0.808 bits per heavy atom. The second-order valence-electron chi connectivity index (χ2n) is 7.89. The zero-order chi connectivity index (χ0) is 19.3. The minimum absolute atomic E-state index is 0.0774. The lowest BCUT2D eigenvalue weighted by molar-refractivity contribution is 0.319. The van der Waals surface area contributed by atoms with Crippen molar-refractivity contribution in [2.24, 2.45) is 0 Å². The summed E-state index contributed by atoms with van der Waals surface area (Å²) in [6.07, 6.45) is 23.7. The average Bonchev–Trinajstić information content (AvgIpc) is 2.60. The molecule has 0 atom stereocenters. The van der Waals surface area contributed by atoms with E-state index in [1.165, 1.54) is 96.3 Å². The third-order valence-electron chi connectivity index (χ3n) is 5.21. The van der Waals surface area contributed by atoms with Gasteiger partial charge in [0.15, 0.2) is 9.84 Å². The molecule has 0 heterocycles. The summed E-state index contributed by atoms with van der Waals surface area (Å²) in [6, 6.07) is 0. The van der Waals surface area contributed by atoms with E-state index in [2.05, 4.69) is 6.92 Å². The van der Waals surface area contributed by atoms with Crippen LogP contribution in [0.1, 0.15) is 122 Å². The van der Waals surface area contributed by atoms with E-state index >= 15 is 0 Å². The summed E-state index contributed by atoms with van der Waals surface area (Å²) in [6.45, 7) is 2.03. The summed E-state index contributed by atoms with van der Waals surface area (Å²) in [5.74, 6) is 0.165. The minimum atomic E-state index is -3.00. The monoisotopic (exact) mass is 390 g/mol. The van der Waals surface area contributed by atoms with Crippen LogP contribution in [-0.2, 0) is 9.84 Å². The predicted molar refractivity (Wildman–Crippen MR) is 115 cm³/mol. The molecule has 26 heavy (non-hydrogen) atoms. The van der Waals surface area contributed by atoms with Crippen LogP contribution in [0, 0.1) is 0 Å². The molecule has 0 fully saturated rings.